The summed E-state index contributed by atoms with van der Waals surface area (Å²) in [5.41, 5.74) is 3.14. The minimum atomic E-state index is -3.66. The number of piperazine rings is 1. The first-order chi connectivity index (χ1) is 17.3. The zero-order chi connectivity index (χ0) is 27.4. The zero-order valence-corrected chi connectivity index (χ0v) is 22.9. The maximum atomic E-state index is 13.0. The Hall–Kier alpha value is -3.24. The molecule has 1 N–H and O–H groups in total. The smallest absolute Gasteiger partial charge is 0.325 e. The predicted molar refractivity (Wildman–Crippen MR) is 140 cm³/mol. The Morgan fingerprint density at radius 3 is 2.14 bits per heavy atom. The number of esters is 1. The molecular formula is C27H35N3O6S. The predicted octanol–water partition coefficient (Wildman–Crippen LogP) is 2.41. The Morgan fingerprint density at radius 2 is 1.57 bits per heavy atom. The number of carbonyl (C=O) groups excluding carboxylic acids is 3. The second kappa shape index (κ2) is 11.4. The summed E-state index contributed by atoms with van der Waals surface area (Å²) in [5, 5.41) is 2.49. The molecule has 0 aromatic heterocycles. The van der Waals surface area contributed by atoms with Crippen molar-refractivity contribution in [1.82, 2.24) is 14.5 Å². The van der Waals surface area contributed by atoms with Crippen LogP contribution in [-0.2, 0) is 29.8 Å². The number of aryl methyl sites for hydroxylation is 2. The highest BCUT2D eigenvalue weighted by molar-refractivity contribution is 7.89. The molecule has 9 nitrogen and oxygen atoms in total. The van der Waals surface area contributed by atoms with E-state index in [1.807, 2.05) is 25.1 Å². The summed E-state index contributed by atoms with van der Waals surface area (Å²) in [4.78, 5) is 38.6. The van der Waals surface area contributed by atoms with Gasteiger partial charge in [0.2, 0.25) is 10.0 Å². The molecule has 2 aromatic carbocycles. The lowest BCUT2D eigenvalue weighted by Gasteiger charge is -2.34. The Morgan fingerprint density at radius 1 is 0.946 bits per heavy atom. The summed E-state index contributed by atoms with van der Waals surface area (Å²) < 4.78 is 32.4. The van der Waals surface area contributed by atoms with Crippen LogP contribution in [0.2, 0.25) is 0 Å². The van der Waals surface area contributed by atoms with Gasteiger partial charge in [0.15, 0.2) is 6.61 Å². The molecule has 0 aliphatic carbocycles. The molecule has 10 heteroatoms. The first kappa shape index (κ1) is 28.3. The summed E-state index contributed by atoms with van der Waals surface area (Å²) in [6.07, 6.45) is 0. The highest BCUT2D eigenvalue weighted by atomic mass is 32.2. The minimum absolute atomic E-state index is 0.0353. The van der Waals surface area contributed by atoms with Gasteiger partial charge in [0.1, 0.15) is 6.54 Å². The number of amides is 2. The van der Waals surface area contributed by atoms with Gasteiger partial charge in [-0.2, -0.15) is 4.31 Å². The molecule has 0 bridgehead atoms. The van der Waals surface area contributed by atoms with E-state index in [0.717, 1.165) is 11.1 Å². The minimum Gasteiger partial charge on any atom is -0.454 e. The Kier molecular flexibility index (Phi) is 8.76. The maximum absolute atomic E-state index is 13.0. The van der Waals surface area contributed by atoms with Gasteiger partial charge in [-0.1, -0.05) is 50.6 Å². The fraction of sp³-hybridized carbons (Fsp3) is 0.444. The second-order valence-electron chi connectivity index (χ2n) is 10.2. The van der Waals surface area contributed by atoms with E-state index in [1.54, 1.807) is 31.2 Å². The van der Waals surface area contributed by atoms with E-state index in [9.17, 15) is 22.8 Å². The van der Waals surface area contributed by atoms with Crippen molar-refractivity contribution in [1.29, 1.82) is 0 Å². The fourth-order valence-corrected chi connectivity index (χ4v) is 5.69. The van der Waals surface area contributed by atoms with Crippen LogP contribution < -0.4 is 5.32 Å². The number of ether oxygens (including phenoxy) is 1. The molecule has 0 spiro atoms. The molecule has 0 atom stereocenters. The van der Waals surface area contributed by atoms with Crippen LogP contribution in [0.15, 0.2) is 47.4 Å². The SMILES string of the molecule is Cc1ccc(S(=O)(=O)N2CCN(C(=O)COC(=O)CNC(=O)c3ccc(C(C)(C)C)cc3)CC2)c(C)c1. The average Bonchev–Trinajstić information content (AvgIpc) is 2.85. The summed E-state index contributed by atoms with van der Waals surface area (Å²) in [5.74, 6) is -1.56. The monoisotopic (exact) mass is 529 g/mol. The van der Waals surface area contributed by atoms with Crippen molar-refractivity contribution in [2.24, 2.45) is 0 Å². The van der Waals surface area contributed by atoms with E-state index >= 15 is 0 Å². The molecule has 1 heterocycles. The van der Waals surface area contributed by atoms with Gasteiger partial charge in [0.05, 0.1) is 4.90 Å². The van der Waals surface area contributed by atoms with Crippen molar-refractivity contribution in [3.05, 3.63) is 64.7 Å². The number of hydrogen-bond acceptors (Lipinski definition) is 6. The highest BCUT2D eigenvalue weighted by Gasteiger charge is 2.31. The number of carbonyl (C=O) groups is 3. The van der Waals surface area contributed by atoms with Gasteiger partial charge in [-0.05, 0) is 48.6 Å². The zero-order valence-electron chi connectivity index (χ0n) is 22.0. The molecule has 3 rings (SSSR count). The number of nitrogens with zero attached hydrogens (tertiary/aromatic N) is 2. The van der Waals surface area contributed by atoms with Crippen molar-refractivity contribution in [2.45, 2.75) is 44.9 Å². The molecule has 2 amide bonds. The molecular weight excluding hydrogens is 494 g/mol. The fourth-order valence-electron chi connectivity index (χ4n) is 4.07. The Bertz CT molecular complexity index is 1260. The van der Waals surface area contributed by atoms with Crippen molar-refractivity contribution in [2.75, 3.05) is 39.3 Å². The molecule has 200 valence electrons. The standard InChI is InChI=1S/C27H35N3O6S/c1-19-6-11-23(20(2)16-19)37(34,35)30-14-12-29(13-15-30)24(31)18-36-25(32)17-28-26(33)21-7-9-22(10-8-21)27(3,4)5/h6-11,16H,12-15,17-18H2,1-5H3,(H,28,33). The Balaban J connectivity index is 1.43. The highest BCUT2D eigenvalue weighted by Crippen LogP contribution is 2.23. The third kappa shape index (κ3) is 7.17. The largest absolute Gasteiger partial charge is 0.454 e. The number of hydrogen-bond donors (Lipinski definition) is 1. The molecule has 37 heavy (non-hydrogen) atoms. The van der Waals surface area contributed by atoms with Gasteiger partial charge >= 0.3 is 5.97 Å². The summed E-state index contributed by atoms with van der Waals surface area (Å²) in [6, 6.07) is 12.3. The first-order valence-electron chi connectivity index (χ1n) is 12.2. The number of benzene rings is 2. The van der Waals surface area contributed by atoms with Crippen LogP contribution in [0.4, 0.5) is 0 Å². The molecule has 1 saturated heterocycles. The molecule has 1 fully saturated rings. The van der Waals surface area contributed by atoms with Gasteiger partial charge in [-0.15, -0.1) is 0 Å². The second-order valence-corrected chi connectivity index (χ2v) is 12.1. The van der Waals surface area contributed by atoms with E-state index in [4.69, 9.17) is 4.74 Å². The lowest BCUT2D eigenvalue weighted by Crippen LogP contribution is -2.51. The van der Waals surface area contributed by atoms with Crippen LogP contribution in [-0.4, -0.2) is 74.7 Å². The van der Waals surface area contributed by atoms with Gasteiger partial charge in [0.25, 0.3) is 11.8 Å². The van der Waals surface area contributed by atoms with Crippen LogP contribution in [0.1, 0.15) is 47.8 Å². The van der Waals surface area contributed by atoms with Gasteiger partial charge in [-0.3, -0.25) is 14.4 Å². The lowest BCUT2D eigenvalue weighted by molar-refractivity contribution is -0.151. The van der Waals surface area contributed by atoms with Gasteiger partial charge in [-0.25, -0.2) is 8.42 Å². The van der Waals surface area contributed by atoms with Crippen molar-refractivity contribution in [3.63, 3.8) is 0 Å². The van der Waals surface area contributed by atoms with Crippen molar-refractivity contribution in [3.8, 4) is 0 Å². The van der Waals surface area contributed by atoms with Crippen LogP contribution in [0.25, 0.3) is 0 Å². The van der Waals surface area contributed by atoms with Crippen LogP contribution in [0.5, 0.6) is 0 Å². The third-order valence-corrected chi connectivity index (χ3v) is 8.36. The normalized spacial score (nSPS) is 14.8. The van der Waals surface area contributed by atoms with Crippen molar-refractivity contribution < 1.29 is 27.5 Å². The Labute approximate surface area is 218 Å². The van der Waals surface area contributed by atoms with E-state index in [-0.39, 0.29) is 43.0 Å². The molecule has 0 unspecified atom stereocenters. The van der Waals surface area contributed by atoms with E-state index < -0.39 is 34.4 Å². The summed E-state index contributed by atoms with van der Waals surface area (Å²) in [7, 11) is -3.66. The molecule has 0 radical (unpaired) electrons. The van der Waals surface area contributed by atoms with Crippen LogP contribution >= 0.6 is 0 Å². The molecule has 1 aliphatic heterocycles. The number of nitrogens with one attached hydrogen (secondary N) is 1. The summed E-state index contributed by atoms with van der Waals surface area (Å²) in [6.45, 7) is 9.75. The quantitative estimate of drug-likeness (QED) is 0.551. The van der Waals surface area contributed by atoms with Gasteiger partial charge < -0.3 is 15.0 Å². The van der Waals surface area contributed by atoms with Crippen LogP contribution in [0.3, 0.4) is 0 Å². The van der Waals surface area contributed by atoms with E-state index in [2.05, 4.69) is 26.1 Å². The van der Waals surface area contributed by atoms with Crippen molar-refractivity contribution >= 4 is 27.8 Å². The summed E-state index contributed by atoms with van der Waals surface area (Å²) >= 11 is 0. The van der Waals surface area contributed by atoms with E-state index in [1.165, 1.54) is 9.21 Å². The van der Waals surface area contributed by atoms with Crippen LogP contribution in [0, 0.1) is 13.8 Å². The average molecular weight is 530 g/mol. The lowest BCUT2D eigenvalue weighted by atomic mass is 9.87. The topological polar surface area (TPSA) is 113 Å². The van der Waals surface area contributed by atoms with E-state index in [0.29, 0.717) is 11.1 Å². The maximum Gasteiger partial charge on any atom is 0.325 e. The molecule has 1 aliphatic rings. The molecule has 2 aromatic rings. The first-order valence-corrected chi connectivity index (χ1v) is 13.6. The number of sulfonamides is 1. The molecule has 0 saturated carbocycles. The number of rotatable bonds is 7. The third-order valence-electron chi connectivity index (χ3n) is 6.30. The van der Waals surface area contributed by atoms with Gasteiger partial charge in [0, 0.05) is 31.7 Å².